The molecule has 0 saturated heterocycles. The topological polar surface area (TPSA) is 102 Å². The van der Waals surface area contributed by atoms with Crippen LogP contribution < -0.4 is 16.0 Å². The molecular formula is C19H20ClN3O4. The average molecular weight is 390 g/mol. The molecular weight excluding hydrogens is 370 g/mol. The van der Waals surface area contributed by atoms with Gasteiger partial charge in [0.2, 0.25) is 0 Å². The first-order valence-electron chi connectivity index (χ1n) is 8.16. The van der Waals surface area contributed by atoms with E-state index in [2.05, 4.69) is 5.32 Å². The Labute approximate surface area is 162 Å². The fraction of sp³-hybridized carbons (Fsp3) is 0.211. The van der Waals surface area contributed by atoms with Crippen molar-refractivity contribution >= 4 is 35.2 Å². The number of nitrogens with zero attached hydrogens (tertiary/aromatic N) is 1. The molecule has 2 aromatic carbocycles. The fourth-order valence-corrected chi connectivity index (χ4v) is 2.70. The van der Waals surface area contributed by atoms with Crippen LogP contribution in [0.3, 0.4) is 0 Å². The number of hydrogen-bond acceptors (Lipinski definition) is 4. The van der Waals surface area contributed by atoms with E-state index in [0.717, 1.165) is 0 Å². The highest BCUT2D eigenvalue weighted by Crippen LogP contribution is 2.25. The lowest BCUT2D eigenvalue weighted by atomic mass is 10.0. The maximum absolute atomic E-state index is 12.2. The second kappa shape index (κ2) is 9.59. The van der Waals surface area contributed by atoms with Gasteiger partial charge in [0.1, 0.15) is 0 Å². The molecule has 7 nitrogen and oxygen atoms in total. The van der Waals surface area contributed by atoms with Crippen LogP contribution in [-0.2, 0) is 14.3 Å². The molecule has 8 heteroatoms. The van der Waals surface area contributed by atoms with Crippen molar-refractivity contribution in [3.8, 4) is 0 Å². The number of nitrogens with one attached hydrogen (secondary N) is 1. The SMILES string of the molecule is CN(C(=O)COC(=O)C[C@H](NC(N)=O)c1ccccc1Cl)c1ccccc1. The van der Waals surface area contributed by atoms with E-state index in [4.69, 9.17) is 22.1 Å². The Balaban J connectivity index is 1.96. The fourth-order valence-electron chi connectivity index (χ4n) is 2.43. The van der Waals surface area contributed by atoms with E-state index >= 15 is 0 Å². The van der Waals surface area contributed by atoms with Crippen LogP contribution >= 0.6 is 11.6 Å². The number of benzene rings is 2. The Bertz CT molecular complexity index is 814. The van der Waals surface area contributed by atoms with Crippen molar-refractivity contribution in [2.75, 3.05) is 18.6 Å². The zero-order valence-corrected chi connectivity index (χ0v) is 15.5. The van der Waals surface area contributed by atoms with Gasteiger partial charge in [0.15, 0.2) is 6.61 Å². The number of likely N-dealkylation sites (N-methyl/N-ethyl adjacent to an activating group) is 1. The van der Waals surface area contributed by atoms with Gasteiger partial charge in [0, 0.05) is 17.8 Å². The molecule has 0 spiro atoms. The zero-order valence-electron chi connectivity index (χ0n) is 14.7. The predicted octanol–water partition coefficient (Wildman–Crippen LogP) is 2.65. The first-order valence-corrected chi connectivity index (χ1v) is 8.54. The van der Waals surface area contributed by atoms with E-state index in [9.17, 15) is 14.4 Å². The normalized spacial score (nSPS) is 11.3. The van der Waals surface area contributed by atoms with Gasteiger partial charge in [-0.15, -0.1) is 0 Å². The summed E-state index contributed by atoms with van der Waals surface area (Å²) in [5.74, 6) is -1.05. The van der Waals surface area contributed by atoms with Crippen LogP contribution in [0.15, 0.2) is 54.6 Å². The quantitative estimate of drug-likeness (QED) is 0.710. The van der Waals surface area contributed by atoms with Crippen LogP contribution in [0.2, 0.25) is 5.02 Å². The summed E-state index contributed by atoms with van der Waals surface area (Å²) in [5, 5.41) is 2.84. The number of primary amides is 1. The lowest BCUT2D eigenvalue weighted by Crippen LogP contribution is -2.35. The third-order valence-electron chi connectivity index (χ3n) is 3.84. The number of para-hydroxylation sites is 1. The molecule has 0 saturated carbocycles. The molecule has 1 atom stereocenters. The van der Waals surface area contributed by atoms with Crippen LogP contribution in [0.5, 0.6) is 0 Å². The Morgan fingerprint density at radius 3 is 2.37 bits per heavy atom. The van der Waals surface area contributed by atoms with Crippen molar-refractivity contribution in [1.29, 1.82) is 0 Å². The summed E-state index contributed by atoms with van der Waals surface area (Å²) in [6.45, 7) is -0.421. The molecule has 3 N–H and O–H groups in total. The first-order chi connectivity index (χ1) is 12.9. The molecule has 0 radical (unpaired) electrons. The number of hydrogen-bond donors (Lipinski definition) is 2. The van der Waals surface area contributed by atoms with Gasteiger partial charge in [-0.1, -0.05) is 48.0 Å². The minimum atomic E-state index is -0.799. The Morgan fingerprint density at radius 1 is 1.11 bits per heavy atom. The molecule has 0 aliphatic heterocycles. The summed E-state index contributed by atoms with van der Waals surface area (Å²) < 4.78 is 5.05. The van der Waals surface area contributed by atoms with Gasteiger partial charge in [0.05, 0.1) is 12.5 Å². The molecule has 0 fully saturated rings. The number of carbonyl (C=O) groups is 3. The average Bonchev–Trinajstić information content (AvgIpc) is 2.65. The highest BCUT2D eigenvalue weighted by molar-refractivity contribution is 6.31. The number of rotatable bonds is 7. The Kier molecular flexibility index (Phi) is 7.19. The van der Waals surface area contributed by atoms with E-state index in [1.54, 1.807) is 55.6 Å². The third-order valence-corrected chi connectivity index (χ3v) is 4.19. The molecule has 0 aromatic heterocycles. The standard InChI is InChI=1S/C19H20ClN3O4/c1-23(13-7-3-2-4-8-13)17(24)12-27-18(25)11-16(22-19(21)26)14-9-5-6-10-15(14)20/h2-10,16H,11-12H2,1H3,(H3,21,22,26)/t16-/m0/s1. The van der Waals surface area contributed by atoms with Crippen molar-refractivity contribution < 1.29 is 19.1 Å². The molecule has 3 amide bonds. The monoisotopic (exact) mass is 389 g/mol. The van der Waals surface area contributed by atoms with E-state index < -0.39 is 24.6 Å². The van der Waals surface area contributed by atoms with Gasteiger partial charge in [-0.05, 0) is 23.8 Å². The molecule has 0 heterocycles. The van der Waals surface area contributed by atoms with Crippen molar-refractivity contribution in [2.45, 2.75) is 12.5 Å². The first kappa shape index (κ1) is 20.3. The second-order valence-electron chi connectivity index (χ2n) is 5.74. The van der Waals surface area contributed by atoms with E-state index in [1.807, 2.05) is 6.07 Å². The number of amides is 3. The number of esters is 1. The van der Waals surface area contributed by atoms with Gasteiger partial charge in [0.25, 0.3) is 5.91 Å². The van der Waals surface area contributed by atoms with Crippen molar-refractivity contribution in [2.24, 2.45) is 5.73 Å². The summed E-state index contributed by atoms with van der Waals surface area (Å²) in [6, 6.07) is 14.2. The van der Waals surface area contributed by atoms with Crippen molar-refractivity contribution in [3.63, 3.8) is 0 Å². The number of ether oxygens (including phenoxy) is 1. The lowest BCUT2D eigenvalue weighted by Gasteiger charge is -2.20. The summed E-state index contributed by atoms with van der Waals surface area (Å²) in [4.78, 5) is 37.0. The highest BCUT2D eigenvalue weighted by Gasteiger charge is 2.22. The smallest absolute Gasteiger partial charge is 0.312 e. The summed E-state index contributed by atoms with van der Waals surface area (Å²) in [5.41, 5.74) is 6.39. The number of nitrogens with two attached hydrogens (primary N) is 1. The lowest BCUT2D eigenvalue weighted by molar-refractivity contribution is -0.148. The van der Waals surface area contributed by atoms with Crippen LogP contribution in [0, 0.1) is 0 Å². The second-order valence-corrected chi connectivity index (χ2v) is 6.14. The number of urea groups is 1. The van der Waals surface area contributed by atoms with Crippen molar-refractivity contribution in [1.82, 2.24) is 5.32 Å². The van der Waals surface area contributed by atoms with Gasteiger partial charge in [-0.3, -0.25) is 9.59 Å². The van der Waals surface area contributed by atoms with Gasteiger partial charge >= 0.3 is 12.0 Å². The van der Waals surface area contributed by atoms with Gasteiger partial charge in [-0.2, -0.15) is 0 Å². The van der Waals surface area contributed by atoms with E-state index in [0.29, 0.717) is 16.3 Å². The van der Waals surface area contributed by atoms with Gasteiger partial charge in [-0.25, -0.2) is 4.79 Å². The number of carbonyl (C=O) groups excluding carboxylic acids is 3. The summed E-state index contributed by atoms with van der Waals surface area (Å²) >= 11 is 6.12. The maximum atomic E-state index is 12.2. The predicted molar refractivity (Wildman–Crippen MR) is 102 cm³/mol. The zero-order chi connectivity index (χ0) is 19.8. The Hall–Kier alpha value is -3.06. The molecule has 2 rings (SSSR count). The van der Waals surface area contributed by atoms with Crippen LogP contribution in [0.25, 0.3) is 0 Å². The van der Waals surface area contributed by atoms with Crippen LogP contribution in [0.4, 0.5) is 10.5 Å². The van der Waals surface area contributed by atoms with Crippen molar-refractivity contribution in [3.05, 3.63) is 65.2 Å². The summed E-state index contributed by atoms with van der Waals surface area (Å²) in [6.07, 6.45) is -0.213. The molecule has 0 aliphatic rings. The number of anilines is 1. The minimum absolute atomic E-state index is 0.213. The van der Waals surface area contributed by atoms with Gasteiger partial charge < -0.3 is 20.7 Å². The molecule has 0 unspecified atom stereocenters. The Morgan fingerprint density at radius 2 is 1.74 bits per heavy atom. The van der Waals surface area contributed by atoms with E-state index in [1.165, 1.54) is 4.90 Å². The third kappa shape index (κ3) is 6.00. The van der Waals surface area contributed by atoms with E-state index in [-0.39, 0.29) is 12.3 Å². The molecule has 2 aromatic rings. The molecule has 0 aliphatic carbocycles. The molecule has 0 bridgehead atoms. The maximum Gasteiger partial charge on any atom is 0.312 e. The largest absolute Gasteiger partial charge is 0.455 e. The number of halogens is 1. The van der Waals surface area contributed by atoms with Crippen LogP contribution in [-0.4, -0.2) is 31.6 Å². The molecule has 142 valence electrons. The van der Waals surface area contributed by atoms with Crippen LogP contribution in [0.1, 0.15) is 18.0 Å². The minimum Gasteiger partial charge on any atom is -0.455 e. The summed E-state index contributed by atoms with van der Waals surface area (Å²) in [7, 11) is 1.59. The molecule has 27 heavy (non-hydrogen) atoms. The highest BCUT2D eigenvalue weighted by atomic mass is 35.5.